The Hall–Kier alpha value is -3.15. The van der Waals surface area contributed by atoms with Crippen molar-refractivity contribution in [3.63, 3.8) is 0 Å². The number of rotatable bonds is 5. The quantitative estimate of drug-likeness (QED) is 0.715. The van der Waals surface area contributed by atoms with E-state index in [4.69, 9.17) is 4.74 Å². The molecule has 0 bridgehead atoms. The molecule has 0 unspecified atom stereocenters. The Balaban J connectivity index is 1.63. The van der Waals surface area contributed by atoms with Gasteiger partial charge in [-0.3, -0.25) is 9.59 Å². The zero-order chi connectivity index (χ0) is 19.6. The Bertz CT molecular complexity index is 1070. The van der Waals surface area contributed by atoms with E-state index in [0.717, 1.165) is 37.0 Å². The molecule has 0 radical (unpaired) electrons. The lowest BCUT2D eigenvalue weighted by molar-refractivity contribution is 0.0938. The van der Waals surface area contributed by atoms with Crippen LogP contribution >= 0.6 is 0 Å². The maximum atomic E-state index is 12.9. The predicted molar refractivity (Wildman–Crippen MR) is 108 cm³/mol. The molecule has 0 atom stereocenters. The maximum absolute atomic E-state index is 12.9. The summed E-state index contributed by atoms with van der Waals surface area (Å²) in [5.74, 6) is 0.569. The number of nitrogens with one attached hydrogen (secondary N) is 2. The van der Waals surface area contributed by atoms with Gasteiger partial charge in [-0.1, -0.05) is 49.2 Å². The molecule has 6 nitrogen and oxygen atoms in total. The molecule has 3 aromatic rings. The van der Waals surface area contributed by atoms with Gasteiger partial charge in [-0.2, -0.15) is 5.10 Å². The summed E-state index contributed by atoms with van der Waals surface area (Å²) in [6.45, 7) is 0.501. The minimum absolute atomic E-state index is 0.153. The van der Waals surface area contributed by atoms with Gasteiger partial charge >= 0.3 is 0 Å². The Morgan fingerprint density at radius 2 is 1.79 bits per heavy atom. The van der Waals surface area contributed by atoms with Gasteiger partial charge in [0.15, 0.2) is 5.69 Å². The van der Waals surface area contributed by atoms with Crippen molar-refractivity contribution in [1.29, 1.82) is 0 Å². The van der Waals surface area contributed by atoms with Crippen LogP contribution in [0.25, 0.3) is 10.8 Å². The molecule has 1 fully saturated rings. The molecule has 0 saturated heterocycles. The summed E-state index contributed by atoms with van der Waals surface area (Å²) >= 11 is 0. The average molecular weight is 377 g/mol. The van der Waals surface area contributed by atoms with Crippen molar-refractivity contribution in [1.82, 2.24) is 15.5 Å². The smallest absolute Gasteiger partial charge is 0.272 e. The normalized spacial score (nSPS) is 15.5. The first kappa shape index (κ1) is 18.2. The zero-order valence-corrected chi connectivity index (χ0v) is 15.8. The number of aromatic nitrogens is 2. The van der Waals surface area contributed by atoms with Gasteiger partial charge < -0.3 is 10.1 Å². The van der Waals surface area contributed by atoms with Gasteiger partial charge in [0.2, 0.25) is 0 Å². The van der Waals surface area contributed by atoms with Crippen LogP contribution < -0.4 is 15.6 Å². The van der Waals surface area contributed by atoms with Crippen LogP contribution in [0, 0.1) is 0 Å². The van der Waals surface area contributed by atoms with Crippen molar-refractivity contribution in [3.05, 3.63) is 70.1 Å². The van der Waals surface area contributed by atoms with E-state index in [1.165, 1.54) is 0 Å². The summed E-state index contributed by atoms with van der Waals surface area (Å²) in [4.78, 5) is 24.9. The van der Waals surface area contributed by atoms with E-state index in [1.54, 1.807) is 31.4 Å². The first-order valence-electron chi connectivity index (χ1n) is 9.54. The largest absolute Gasteiger partial charge is 0.496 e. The number of methoxy groups -OCH3 is 1. The Morgan fingerprint density at radius 1 is 1.11 bits per heavy atom. The van der Waals surface area contributed by atoms with E-state index in [2.05, 4.69) is 21.6 Å². The van der Waals surface area contributed by atoms with E-state index in [0.29, 0.717) is 17.3 Å². The fraction of sp³-hybridized carbons (Fsp3) is 0.318. The van der Waals surface area contributed by atoms with E-state index < -0.39 is 0 Å². The number of hydrogen-bond acceptors (Lipinski definition) is 4. The molecular weight excluding hydrogens is 354 g/mol. The van der Waals surface area contributed by atoms with Crippen molar-refractivity contribution < 1.29 is 9.53 Å². The van der Waals surface area contributed by atoms with Crippen LogP contribution in [0.5, 0.6) is 5.75 Å². The van der Waals surface area contributed by atoms with Gasteiger partial charge in [-0.05, 0) is 25.0 Å². The van der Waals surface area contributed by atoms with Crippen LogP contribution in [0.15, 0.2) is 53.3 Å². The number of para-hydroxylation sites is 1. The van der Waals surface area contributed by atoms with E-state index >= 15 is 0 Å². The molecule has 1 aliphatic carbocycles. The maximum Gasteiger partial charge on any atom is 0.272 e. The highest BCUT2D eigenvalue weighted by molar-refractivity contribution is 6.04. The number of nitrogens with zero attached hydrogens (tertiary/aromatic N) is 1. The lowest BCUT2D eigenvalue weighted by atomic mass is 9.78. The standard InChI is InChI=1S/C22H23N3O3/c1-28-18-11-5-4-10-17(18)22(12-6-7-13-22)14-23-21(27)19-15-8-2-3-9-16(15)20(26)25-24-19/h2-5,8-11H,6-7,12-14H2,1H3,(H,23,27)(H,25,26). The third kappa shape index (κ3) is 3.15. The van der Waals surface area contributed by atoms with E-state index in [9.17, 15) is 9.59 Å². The van der Waals surface area contributed by atoms with Gasteiger partial charge in [0.25, 0.3) is 11.5 Å². The van der Waals surface area contributed by atoms with Crippen molar-refractivity contribution in [2.75, 3.05) is 13.7 Å². The highest BCUT2D eigenvalue weighted by Crippen LogP contribution is 2.44. The second kappa shape index (κ2) is 7.46. The predicted octanol–water partition coefficient (Wildman–Crippen LogP) is 3.17. The number of benzene rings is 2. The molecule has 1 amide bonds. The first-order chi connectivity index (χ1) is 13.6. The summed E-state index contributed by atoms with van der Waals surface area (Å²) in [7, 11) is 1.68. The van der Waals surface area contributed by atoms with Gasteiger partial charge in [-0.25, -0.2) is 5.10 Å². The molecule has 144 valence electrons. The summed E-state index contributed by atoms with van der Waals surface area (Å²) in [5, 5.41) is 10.5. The number of carbonyl (C=O) groups is 1. The molecule has 0 aliphatic heterocycles. The highest BCUT2D eigenvalue weighted by atomic mass is 16.5. The zero-order valence-electron chi connectivity index (χ0n) is 15.8. The molecule has 4 rings (SSSR count). The molecule has 6 heteroatoms. The van der Waals surface area contributed by atoms with Gasteiger partial charge in [0.05, 0.1) is 12.5 Å². The summed E-state index contributed by atoms with van der Waals surface area (Å²) in [6.07, 6.45) is 4.22. The SMILES string of the molecule is COc1ccccc1C1(CNC(=O)c2n[nH]c(=O)c3ccccc23)CCCC1. The highest BCUT2D eigenvalue weighted by Gasteiger charge is 2.38. The average Bonchev–Trinajstić information content (AvgIpc) is 3.22. The van der Waals surface area contributed by atoms with Crippen molar-refractivity contribution in [3.8, 4) is 5.75 Å². The van der Waals surface area contributed by atoms with Crippen molar-refractivity contribution in [2.24, 2.45) is 0 Å². The molecule has 28 heavy (non-hydrogen) atoms. The number of hydrogen-bond donors (Lipinski definition) is 2. The molecule has 0 spiro atoms. The minimum atomic E-state index is -0.298. The number of carbonyl (C=O) groups excluding carboxylic acids is 1. The number of aromatic amines is 1. The molecule has 2 aromatic carbocycles. The van der Waals surface area contributed by atoms with Gasteiger partial charge in [-0.15, -0.1) is 0 Å². The third-order valence-corrected chi connectivity index (χ3v) is 5.74. The van der Waals surface area contributed by atoms with Crippen LogP contribution in [-0.4, -0.2) is 29.8 Å². The second-order valence-electron chi connectivity index (χ2n) is 7.32. The molecule has 1 aliphatic rings. The van der Waals surface area contributed by atoms with Crippen LogP contribution in [0.3, 0.4) is 0 Å². The number of fused-ring (bicyclic) bond motifs is 1. The fourth-order valence-electron chi connectivity index (χ4n) is 4.30. The first-order valence-corrected chi connectivity index (χ1v) is 9.54. The lowest BCUT2D eigenvalue weighted by Crippen LogP contribution is -2.39. The van der Waals surface area contributed by atoms with Crippen molar-refractivity contribution in [2.45, 2.75) is 31.1 Å². The Kier molecular flexibility index (Phi) is 4.86. The monoisotopic (exact) mass is 377 g/mol. The third-order valence-electron chi connectivity index (χ3n) is 5.74. The molecule has 1 heterocycles. The van der Waals surface area contributed by atoms with Crippen LogP contribution in [0.4, 0.5) is 0 Å². The van der Waals surface area contributed by atoms with Crippen LogP contribution in [0.1, 0.15) is 41.7 Å². The fourth-order valence-corrected chi connectivity index (χ4v) is 4.30. The number of ether oxygens (including phenoxy) is 1. The van der Waals surface area contributed by atoms with Crippen molar-refractivity contribution >= 4 is 16.7 Å². The molecule has 2 N–H and O–H groups in total. The molecular formula is C22H23N3O3. The number of H-pyrrole nitrogens is 1. The van der Waals surface area contributed by atoms with Crippen LogP contribution in [-0.2, 0) is 5.41 Å². The second-order valence-corrected chi connectivity index (χ2v) is 7.32. The molecule has 1 saturated carbocycles. The Labute approximate surface area is 162 Å². The Morgan fingerprint density at radius 3 is 2.54 bits per heavy atom. The summed E-state index contributed by atoms with van der Waals surface area (Å²) in [5.41, 5.74) is 0.923. The molecule has 1 aromatic heterocycles. The van der Waals surface area contributed by atoms with Crippen LogP contribution in [0.2, 0.25) is 0 Å². The van der Waals surface area contributed by atoms with E-state index in [1.807, 2.05) is 18.2 Å². The number of amides is 1. The topological polar surface area (TPSA) is 84.1 Å². The summed E-state index contributed by atoms with van der Waals surface area (Å²) in [6, 6.07) is 15.0. The summed E-state index contributed by atoms with van der Waals surface area (Å²) < 4.78 is 5.58. The minimum Gasteiger partial charge on any atom is -0.496 e. The van der Waals surface area contributed by atoms with Gasteiger partial charge in [0.1, 0.15) is 5.75 Å². The van der Waals surface area contributed by atoms with E-state index in [-0.39, 0.29) is 22.6 Å². The lowest BCUT2D eigenvalue weighted by Gasteiger charge is -2.31. The van der Waals surface area contributed by atoms with Gasteiger partial charge in [0, 0.05) is 22.9 Å².